The van der Waals surface area contributed by atoms with Crippen LogP contribution in [0.15, 0.2) is 51.6 Å². The molecule has 0 aromatic heterocycles. The molecule has 1 aromatic carbocycles. The number of esters is 1. The molecule has 1 amide bonds. The summed E-state index contributed by atoms with van der Waals surface area (Å²) in [7, 11) is 3.17. The van der Waals surface area contributed by atoms with Gasteiger partial charge in [-0.3, -0.25) is 4.79 Å². The molecule has 1 atom stereocenters. The van der Waals surface area contributed by atoms with Crippen LogP contribution in [0.3, 0.4) is 0 Å². The molecule has 0 bridgehead atoms. The second kappa shape index (κ2) is 9.48. The molecule has 1 aromatic rings. The van der Waals surface area contributed by atoms with Crippen molar-refractivity contribution < 1.29 is 18.7 Å². The van der Waals surface area contributed by atoms with Crippen molar-refractivity contribution in [1.29, 1.82) is 0 Å². The zero-order valence-electron chi connectivity index (χ0n) is 18.6. The largest absolute Gasteiger partial charge is 0.466 e. The first-order valence-electron chi connectivity index (χ1n) is 10.9. The first-order valence-corrected chi connectivity index (χ1v) is 11.8. The normalized spacial score (nSPS) is 21.1. The number of hydrogen-bond acceptors (Lipinski definition) is 6. The number of carbonyl (C=O) groups is 2. The minimum Gasteiger partial charge on any atom is -0.466 e. The van der Waals surface area contributed by atoms with Gasteiger partial charge in [-0.05, 0) is 31.2 Å². The Labute approximate surface area is 192 Å². The number of allylic oxidation sites excluding steroid dienone is 1. The van der Waals surface area contributed by atoms with Crippen molar-refractivity contribution in [2.45, 2.75) is 57.5 Å². The number of thioether (sulfide) groups is 1. The maximum absolute atomic E-state index is 14.9. The third-order valence-corrected chi connectivity index (χ3v) is 7.34. The van der Waals surface area contributed by atoms with Crippen LogP contribution in [0.25, 0.3) is 0 Å². The molecule has 2 heterocycles. The highest BCUT2D eigenvalue weighted by atomic mass is 32.2. The van der Waals surface area contributed by atoms with Crippen molar-refractivity contribution in [2.24, 2.45) is 4.99 Å². The predicted molar refractivity (Wildman–Crippen MR) is 123 cm³/mol. The van der Waals surface area contributed by atoms with Crippen molar-refractivity contribution in [1.82, 2.24) is 9.80 Å². The average Bonchev–Trinajstić information content (AvgIpc) is 3.20. The number of hydrogen-bond donors (Lipinski definition) is 0. The van der Waals surface area contributed by atoms with Crippen LogP contribution in [0, 0.1) is 5.82 Å². The van der Waals surface area contributed by atoms with Gasteiger partial charge in [0.05, 0.1) is 30.8 Å². The van der Waals surface area contributed by atoms with Gasteiger partial charge in [-0.1, -0.05) is 49.2 Å². The van der Waals surface area contributed by atoms with Gasteiger partial charge in [0.1, 0.15) is 5.82 Å². The Morgan fingerprint density at radius 3 is 2.66 bits per heavy atom. The summed E-state index contributed by atoms with van der Waals surface area (Å²) in [6, 6.07) is 5.90. The summed E-state index contributed by atoms with van der Waals surface area (Å²) >= 11 is 1.39. The van der Waals surface area contributed by atoms with Crippen molar-refractivity contribution >= 4 is 28.8 Å². The Kier molecular flexibility index (Phi) is 6.69. The van der Waals surface area contributed by atoms with E-state index in [0.717, 1.165) is 25.7 Å². The highest BCUT2D eigenvalue weighted by Gasteiger charge is 2.42. The van der Waals surface area contributed by atoms with E-state index in [0.29, 0.717) is 22.1 Å². The van der Waals surface area contributed by atoms with Crippen molar-refractivity contribution in [3.8, 4) is 0 Å². The summed E-state index contributed by atoms with van der Waals surface area (Å²) in [5.74, 6) is -0.960. The molecule has 3 aliphatic rings. The maximum Gasteiger partial charge on any atom is 0.338 e. The Hall–Kier alpha value is -2.61. The van der Waals surface area contributed by atoms with Gasteiger partial charge in [0.2, 0.25) is 5.91 Å². The third kappa shape index (κ3) is 4.20. The van der Waals surface area contributed by atoms with Crippen molar-refractivity contribution in [3.63, 3.8) is 0 Å². The van der Waals surface area contributed by atoms with Crippen LogP contribution >= 0.6 is 11.8 Å². The van der Waals surface area contributed by atoms with E-state index in [-0.39, 0.29) is 23.9 Å². The molecule has 170 valence electrons. The molecule has 32 heavy (non-hydrogen) atoms. The Balaban J connectivity index is 1.66. The minimum absolute atomic E-state index is 0.0168. The molecule has 1 saturated carbocycles. The van der Waals surface area contributed by atoms with E-state index in [9.17, 15) is 14.0 Å². The van der Waals surface area contributed by atoms with Crippen LogP contribution in [0.2, 0.25) is 0 Å². The zero-order chi connectivity index (χ0) is 22.8. The second-order valence-electron chi connectivity index (χ2n) is 8.38. The van der Waals surface area contributed by atoms with Crippen LogP contribution < -0.4 is 0 Å². The second-order valence-corrected chi connectivity index (χ2v) is 9.22. The van der Waals surface area contributed by atoms with Crippen LogP contribution in [0.4, 0.5) is 4.39 Å². The molecule has 1 aliphatic carbocycles. The monoisotopic (exact) mass is 457 g/mol. The number of benzene rings is 1. The van der Waals surface area contributed by atoms with E-state index < -0.39 is 17.8 Å². The third-order valence-electron chi connectivity index (χ3n) is 6.45. The summed E-state index contributed by atoms with van der Waals surface area (Å²) in [6.07, 6.45) is 5.73. The predicted octanol–water partition coefficient (Wildman–Crippen LogP) is 4.75. The molecule has 6 nitrogen and oxygen atoms in total. The molecule has 0 spiro atoms. The lowest BCUT2D eigenvalue weighted by Gasteiger charge is -2.37. The lowest BCUT2D eigenvalue weighted by molar-refractivity contribution is -0.136. The average molecular weight is 458 g/mol. The highest BCUT2D eigenvalue weighted by molar-refractivity contribution is 8.16. The number of halogens is 1. The number of ether oxygens (including phenoxy) is 1. The molecule has 0 saturated heterocycles. The number of carbonyl (C=O) groups excluding carboxylic acids is 2. The molecule has 8 heteroatoms. The molecular formula is C24H28FN3O3S. The summed E-state index contributed by atoms with van der Waals surface area (Å²) < 4.78 is 19.9. The fourth-order valence-corrected chi connectivity index (χ4v) is 5.65. The SMILES string of the molecule is COC(=O)C1=C(C)N=C2SC=C(CC(=O)N(C)C3CCCCC3)N2C1c1ccccc1F. The molecule has 0 N–H and O–H groups in total. The van der Waals surface area contributed by atoms with Gasteiger partial charge in [-0.15, -0.1) is 0 Å². The first kappa shape index (κ1) is 22.6. The van der Waals surface area contributed by atoms with Gasteiger partial charge < -0.3 is 14.5 Å². The molecule has 4 rings (SSSR count). The van der Waals surface area contributed by atoms with E-state index in [1.165, 1.54) is 31.4 Å². The number of amides is 1. The summed E-state index contributed by atoms with van der Waals surface area (Å²) in [5, 5.41) is 2.51. The number of nitrogens with zero attached hydrogens (tertiary/aromatic N) is 3. The number of methoxy groups -OCH3 is 1. The molecule has 1 unspecified atom stereocenters. The van der Waals surface area contributed by atoms with E-state index in [1.807, 2.05) is 22.3 Å². The van der Waals surface area contributed by atoms with Gasteiger partial charge in [0.25, 0.3) is 0 Å². The standard InChI is InChI=1S/C24H28FN3O3S/c1-15-21(23(30)31-3)22(18-11-7-8-12-19(18)25)28-17(14-32-24(28)26-15)13-20(29)27(2)16-9-5-4-6-10-16/h7-8,11-12,14,16,22H,4-6,9-10,13H2,1-3H3. The Bertz CT molecular complexity index is 1010. The summed E-state index contributed by atoms with van der Waals surface area (Å²) in [4.78, 5) is 34.1. The molecule has 0 radical (unpaired) electrons. The number of amidine groups is 1. The van der Waals surface area contributed by atoms with Gasteiger partial charge >= 0.3 is 5.97 Å². The number of rotatable bonds is 5. The maximum atomic E-state index is 14.9. The van der Waals surface area contributed by atoms with Crippen molar-refractivity contribution in [3.05, 3.63) is 58.0 Å². The summed E-state index contributed by atoms with van der Waals surface area (Å²) in [5.41, 5.74) is 1.83. The van der Waals surface area contributed by atoms with E-state index >= 15 is 0 Å². The summed E-state index contributed by atoms with van der Waals surface area (Å²) in [6.45, 7) is 1.73. The van der Waals surface area contributed by atoms with Gasteiger partial charge in [-0.25, -0.2) is 14.2 Å². The molecule has 2 aliphatic heterocycles. The lowest BCUT2D eigenvalue weighted by Crippen LogP contribution is -2.41. The van der Waals surface area contributed by atoms with Crippen molar-refractivity contribution in [2.75, 3.05) is 14.2 Å². The Morgan fingerprint density at radius 2 is 1.97 bits per heavy atom. The minimum atomic E-state index is -0.745. The smallest absolute Gasteiger partial charge is 0.338 e. The van der Waals surface area contributed by atoms with Gasteiger partial charge in [0.15, 0.2) is 5.17 Å². The fourth-order valence-electron chi connectivity index (χ4n) is 4.68. The van der Waals surface area contributed by atoms with Crippen LogP contribution in [0.5, 0.6) is 0 Å². The molecular weight excluding hydrogens is 429 g/mol. The van der Waals surface area contributed by atoms with Crippen LogP contribution in [-0.4, -0.2) is 47.0 Å². The lowest BCUT2D eigenvalue weighted by atomic mass is 9.93. The number of fused-ring (bicyclic) bond motifs is 1. The number of aliphatic imine (C=N–C) groups is 1. The zero-order valence-corrected chi connectivity index (χ0v) is 19.5. The Morgan fingerprint density at radius 1 is 1.25 bits per heavy atom. The van der Waals surface area contributed by atoms with E-state index in [4.69, 9.17) is 4.74 Å². The van der Waals surface area contributed by atoms with E-state index in [2.05, 4.69) is 4.99 Å². The highest BCUT2D eigenvalue weighted by Crippen LogP contribution is 2.45. The van der Waals surface area contributed by atoms with E-state index in [1.54, 1.807) is 25.1 Å². The first-order chi connectivity index (χ1) is 15.4. The quantitative estimate of drug-likeness (QED) is 0.597. The molecule has 1 fully saturated rings. The van der Waals surface area contributed by atoms with Crippen LogP contribution in [0.1, 0.15) is 57.1 Å². The topological polar surface area (TPSA) is 62.2 Å². The van der Waals surface area contributed by atoms with Gasteiger partial charge in [0, 0.05) is 24.4 Å². The van der Waals surface area contributed by atoms with Crippen LogP contribution in [-0.2, 0) is 14.3 Å². The fraction of sp³-hybridized carbons (Fsp3) is 0.458. The van der Waals surface area contributed by atoms with Gasteiger partial charge in [-0.2, -0.15) is 0 Å².